The molecule has 2 rings (SSSR count). The number of nitro benzene ring substituents is 1. The van der Waals surface area contributed by atoms with Crippen LogP contribution in [0.15, 0.2) is 36.4 Å². The number of nitrogens with zero attached hydrogens (tertiary/aromatic N) is 1. The van der Waals surface area contributed by atoms with Crippen LogP contribution in [0.5, 0.6) is 0 Å². The third kappa shape index (κ3) is 3.11. The Hall–Kier alpha value is -2.34. The van der Waals surface area contributed by atoms with Crippen LogP contribution in [0.25, 0.3) is 0 Å². The molecule has 0 aromatic heterocycles. The van der Waals surface area contributed by atoms with E-state index in [0.29, 0.717) is 11.4 Å². The van der Waals surface area contributed by atoms with E-state index in [1.807, 2.05) is 0 Å². The average Bonchev–Trinajstić information content (AvgIpc) is 2.30. The number of halogens is 2. The van der Waals surface area contributed by atoms with Gasteiger partial charge in [-0.3, -0.25) is 10.1 Å². The quantitative estimate of drug-likeness (QED) is 0.510. The molecule has 0 bridgehead atoms. The number of hydrogen-bond acceptors (Lipinski definition) is 4. The molecular formula is C12H9ClFN3O2. The summed E-state index contributed by atoms with van der Waals surface area (Å²) in [6.45, 7) is 0. The fraction of sp³-hybridized carbons (Fsp3) is 0. The number of non-ortho nitro benzene ring substituents is 1. The lowest BCUT2D eigenvalue weighted by Gasteiger charge is -2.09. The summed E-state index contributed by atoms with van der Waals surface area (Å²) in [5.41, 5.74) is 6.61. The van der Waals surface area contributed by atoms with Gasteiger partial charge in [0.15, 0.2) is 0 Å². The highest BCUT2D eigenvalue weighted by Crippen LogP contribution is 2.28. The highest BCUT2D eigenvalue weighted by Gasteiger charge is 2.09. The third-order valence-corrected chi connectivity index (χ3v) is 2.61. The van der Waals surface area contributed by atoms with Crippen molar-refractivity contribution >= 4 is 34.4 Å². The van der Waals surface area contributed by atoms with Gasteiger partial charge in [-0.15, -0.1) is 0 Å². The molecule has 5 nitrogen and oxygen atoms in total. The average molecular weight is 282 g/mol. The van der Waals surface area contributed by atoms with E-state index in [2.05, 4.69) is 5.32 Å². The first kappa shape index (κ1) is 13.1. The summed E-state index contributed by atoms with van der Waals surface area (Å²) in [5, 5.41) is 13.7. The Balaban J connectivity index is 2.30. The molecule has 2 aromatic carbocycles. The molecule has 0 unspecified atom stereocenters. The van der Waals surface area contributed by atoms with Crippen LogP contribution in [-0.2, 0) is 0 Å². The number of benzene rings is 2. The van der Waals surface area contributed by atoms with Crippen LogP contribution in [-0.4, -0.2) is 4.92 Å². The summed E-state index contributed by atoms with van der Waals surface area (Å²) < 4.78 is 13.2. The lowest BCUT2D eigenvalue weighted by atomic mass is 10.2. The number of nitro groups is 1. The van der Waals surface area contributed by atoms with Gasteiger partial charge in [-0.2, -0.15) is 0 Å². The van der Waals surface area contributed by atoms with Crippen molar-refractivity contribution in [1.82, 2.24) is 0 Å². The highest BCUT2D eigenvalue weighted by molar-refractivity contribution is 6.30. The van der Waals surface area contributed by atoms with Crippen molar-refractivity contribution in [3.05, 3.63) is 57.4 Å². The van der Waals surface area contributed by atoms with Gasteiger partial charge in [0, 0.05) is 22.8 Å². The molecule has 19 heavy (non-hydrogen) atoms. The van der Waals surface area contributed by atoms with E-state index < -0.39 is 10.7 Å². The van der Waals surface area contributed by atoms with Crippen LogP contribution in [0, 0.1) is 15.9 Å². The SMILES string of the molecule is Nc1cc([N+](=O)[O-])ccc1Nc1cc(F)cc(Cl)c1. The topological polar surface area (TPSA) is 81.2 Å². The molecule has 0 amide bonds. The van der Waals surface area contributed by atoms with Gasteiger partial charge in [-0.1, -0.05) is 11.6 Å². The summed E-state index contributed by atoms with van der Waals surface area (Å²) in [5.74, 6) is -0.490. The summed E-state index contributed by atoms with van der Waals surface area (Å²) in [6, 6.07) is 7.92. The molecule has 0 heterocycles. The zero-order chi connectivity index (χ0) is 14.0. The molecule has 2 aromatic rings. The third-order valence-electron chi connectivity index (χ3n) is 2.39. The lowest BCUT2D eigenvalue weighted by molar-refractivity contribution is -0.384. The van der Waals surface area contributed by atoms with Gasteiger partial charge in [-0.05, 0) is 24.3 Å². The zero-order valence-electron chi connectivity index (χ0n) is 9.56. The van der Waals surface area contributed by atoms with Crippen molar-refractivity contribution in [3.8, 4) is 0 Å². The van der Waals surface area contributed by atoms with Crippen LogP contribution in [0.3, 0.4) is 0 Å². The lowest BCUT2D eigenvalue weighted by Crippen LogP contribution is -1.98. The first-order valence-electron chi connectivity index (χ1n) is 5.23. The van der Waals surface area contributed by atoms with Crippen molar-refractivity contribution in [3.63, 3.8) is 0 Å². The second-order valence-corrected chi connectivity index (χ2v) is 4.25. The van der Waals surface area contributed by atoms with E-state index in [1.54, 1.807) is 0 Å². The van der Waals surface area contributed by atoms with Gasteiger partial charge in [0.25, 0.3) is 5.69 Å². The predicted octanol–water partition coefficient (Wildman–Crippen LogP) is 3.71. The summed E-state index contributed by atoms with van der Waals surface area (Å²) in [6.07, 6.45) is 0. The highest BCUT2D eigenvalue weighted by atomic mass is 35.5. The number of anilines is 3. The Bertz CT molecular complexity index is 629. The maximum Gasteiger partial charge on any atom is 0.271 e. The van der Waals surface area contributed by atoms with Crippen molar-refractivity contribution < 1.29 is 9.31 Å². The zero-order valence-corrected chi connectivity index (χ0v) is 10.3. The summed E-state index contributed by atoms with van der Waals surface area (Å²) >= 11 is 5.72. The van der Waals surface area contributed by atoms with Gasteiger partial charge in [0.2, 0.25) is 0 Å². The molecule has 0 atom stereocenters. The fourth-order valence-electron chi connectivity index (χ4n) is 1.56. The Morgan fingerprint density at radius 1 is 1.26 bits per heavy atom. The molecule has 0 saturated carbocycles. The van der Waals surface area contributed by atoms with Gasteiger partial charge in [0.05, 0.1) is 16.3 Å². The standard InChI is InChI=1S/C12H9ClFN3O2/c13-7-3-8(14)5-9(4-7)16-12-2-1-10(17(18)19)6-11(12)15/h1-6,16H,15H2. The minimum Gasteiger partial charge on any atom is -0.397 e. The van der Waals surface area contributed by atoms with E-state index in [0.717, 1.165) is 0 Å². The van der Waals surface area contributed by atoms with E-state index >= 15 is 0 Å². The predicted molar refractivity (Wildman–Crippen MR) is 72.2 cm³/mol. The van der Waals surface area contributed by atoms with E-state index in [1.165, 1.54) is 36.4 Å². The summed E-state index contributed by atoms with van der Waals surface area (Å²) in [4.78, 5) is 10.0. The second kappa shape index (κ2) is 5.11. The van der Waals surface area contributed by atoms with Crippen molar-refractivity contribution in [1.29, 1.82) is 0 Å². The Morgan fingerprint density at radius 3 is 2.58 bits per heavy atom. The molecule has 7 heteroatoms. The van der Waals surface area contributed by atoms with Crippen LogP contribution in [0.4, 0.5) is 27.1 Å². The minimum atomic E-state index is -0.542. The Kier molecular flexibility index (Phi) is 3.52. The molecule has 98 valence electrons. The van der Waals surface area contributed by atoms with Crippen molar-refractivity contribution in [2.24, 2.45) is 0 Å². The molecule has 0 aliphatic carbocycles. The van der Waals surface area contributed by atoms with Crippen LogP contribution in [0.2, 0.25) is 5.02 Å². The van der Waals surface area contributed by atoms with Crippen molar-refractivity contribution in [2.75, 3.05) is 11.1 Å². The maximum atomic E-state index is 13.2. The number of nitrogen functional groups attached to an aromatic ring is 1. The van der Waals surface area contributed by atoms with Crippen LogP contribution < -0.4 is 11.1 Å². The smallest absolute Gasteiger partial charge is 0.271 e. The molecular weight excluding hydrogens is 273 g/mol. The first-order valence-corrected chi connectivity index (χ1v) is 5.60. The molecule has 0 radical (unpaired) electrons. The van der Waals surface area contributed by atoms with Crippen LogP contribution >= 0.6 is 11.6 Å². The van der Waals surface area contributed by atoms with Crippen molar-refractivity contribution in [2.45, 2.75) is 0 Å². The number of hydrogen-bond donors (Lipinski definition) is 2. The Morgan fingerprint density at radius 2 is 2.00 bits per heavy atom. The van der Waals surface area contributed by atoms with Crippen LogP contribution in [0.1, 0.15) is 0 Å². The van der Waals surface area contributed by atoms with Gasteiger partial charge in [-0.25, -0.2) is 4.39 Å². The maximum absolute atomic E-state index is 13.2. The molecule has 0 spiro atoms. The summed E-state index contributed by atoms with van der Waals surface area (Å²) in [7, 11) is 0. The molecule has 0 fully saturated rings. The van der Waals surface area contributed by atoms with E-state index in [4.69, 9.17) is 17.3 Å². The number of rotatable bonds is 3. The number of nitrogens with one attached hydrogen (secondary N) is 1. The largest absolute Gasteiger partial charge is 0.397 e. The van der Waals surface area contributed by atoms with E-state index in [-0.39, 0.29) is 16.4 Å². The number of nitrogens with two attached hydrogens (primary N) is 1. The first-order chi connectivity index (χ1) is 8.95. The van der Waals surface area contributed by atoms with Gasteiger partial charge >= 0.3 is 0 Å². The van der Waals surface area contributed by atoms with Gasteiger partial charge < -0.3 is 11.1 Å². The molecule has 0 aliphatic rings. The molecule has 0 saturated heterocycles. The molecule has 3 N–H and O–H groups in total. The monoisotopic (exact) mass is 281 g/mol. The normalized spacial score (nSPS) is 10.2. The fourth-order valence-corrected chi connectivity index (χ4v) is 1.78. The molecule has 0 aliphatic heterocycles. The van der Waals surface area contributed by atoms with E-state index in [9.17, 15) is 14.5 Å². The van der Waals surface area contributed by atoms with Gasteiger partial charge in [0.1, 0.15) is 5.82 Å². The minimum absolute atomic E-state index is 0.111. The second-order valence-electron chi connectivity index (χ2n) is 3.81. The Labute approximate surface area is 113 Å².